The van der Waals surface area contributed by atoms with Gasteiger partial charge >= 0.3 is 6.16 Å². The maximum absolute atomic E-state index is 11.6. The molecule has 5 heteroatoms. The van der Waals surface area contributed by atoms with E-state index >= 15 is 0 Å². The summed E-state index contributed by atoms with van der Waals surface area (Å²) in [6, 6.07) is 8.49. The topological polar surface area (TPSA) is 72.8 Å². The number of Topliss-reactive ketones (excluding diaryl/α,β-unsaturated/α-hetero) is 1. The van der Waals surface area contributed by atoms with Crippen LogP contribution in [-0.4, -0.2) is 29.3 Å². The van der Waals surface area contributed by atoms with Crippen molar-refractivity contribution in [1.82, 2.24) is 0 Å². The van der Waals surface area contributed by atoms with Gasteiger partial charge in [0.05, 0.1) is 0 Å². The molecule has 1 aromatic carbocycles. The fourth-order valence-electron chi connectivity index (χ4n) is 1.40. The first-order chi connectivity index (χ1) is 8.83. The SMILES string of the molecule is CC(C)(C)OC(=O)OC(C(=O)CO)c1ccccc1. The molecule has 0 fully saturated rings. The normalized spacial score (nSPS) is 12.6. The van der Waals surface area contributed by atoms with Gasteiger partial charge in [-0.2, -0.15) is 0 Å². The van der Waals surface area contributed by atoms with Crippen molar-refractivity contribution >= 4 is 11.9 Å². The van der Waals surface area contributed by atoms with Gasteiger partial charge in [-0.05, 0) is 20.8 Å². The van der Waals surface area contributed by atoms with Crippen molar-refractivity contribution in [3.63, 3.8) is 0 Å². The van der Waals surface area contributed by atoms with Crippen molar-refractivity contribution in [1.29, 1.82) is 0 Å². The minimum absolute atomic E-state index is 0.493. The predicted molar refractivity (Wildman–Crippen MR) is 68.6 cm³/mol. The van der Waals surface area contributed by atoms with E-state index in [1.54, 1.807) is 51.1 Å². The second-order valence-electron chi connectivity index (χ2n) is 5.00. The van der Waals surface area contributed by atoms with Gasteiger partial charge in [0, 0.05) is 5.56 Å². The molecule has 0 heterocycles. The molecule has 5 nitrogen and oxygen atoms in total. The number of carbonyl (C=O) groups excluding carboxylic acids is 2. The Balaban J connectivity index is 2.83. The second-order valence-corrected chi connectivity index (χ2v) is 5.00. The Kier molecular flexibility index (Phi) is 5.06. The summed E-state index contributed by atoms with van der Waals surface area (Å²) in [4.78, 5) is 23.2. The summed E-state index contributed by atoms with van der Waals surface area (Å²) in [5.41, 5.74) is -0.215. The summed E-state index contributed by atoms with van der Waals surface area (Å²) in [5, 5.41) is 8.93. The van der Waals surface area contributed by atoms with E-state index in [-0.39, 0.29) is 0 Å². The van der Waals surface area contributed by atoms with Crippen LogP contribution in [0.3, 0.4) is 0 Å². The maximum atomic E-state index is 11.6. The van der Waals surface area contributed by atoms with Gasteiger partial charge in [0.25, 0.3) is 0 Å². The van der Waals surface area contributed by atoms with Gasteiger partial charge in [0.1, 0.15) is 12.2 Å². The Morgan fingerprint density at radius 1 is 1.21 bits per heavy atom. The van der Waals surface area contributed by atoms with Crippen LogP contribution in [-0.2, 0) is 14.3 Å². The van der Waals surface area contributed by atoms with Gasteiger partial charge in [-0.1, -0.05) is 30.3 Å². The number of benzene rings is 1. The summed E-state index contributed by atoms with van der Waals surface area (Å²) in [7, 11) is 0. The molecule has 1 aromatic rings. The molecule has 0 spiro atoms. The highest BCUT2D eigenvalue weighted by atomic mass is 16.7. The van der Waals surface area contributed by atoms with E-state index in [9.17, 15) is 9.59 Å². The Morgan fingerprint density at radius 3 is 2.26 bits per heavy atom. The predicted octanol–water partition coefficient (Wildman–Crippen LogP) is 2.24. The first-order valence-electron chi connectivity index (χ1n) is 5.91. The highest BCUT2D eigenvalue weighted by Gasteiger charge is 2.27. The van der Waals surface area contributed by atoms with Gasteiger partial charge in [0.2, 0.25) is 5.78 Å². The summed E-state index contributed by atoms with van der Waals surface area (Å²) in [5.74, 6) is -0.600. The molecule has 0 aliphatic carbocycles. The zero-order chi connectivity index (χ0) is 14.5. The average Bonchev–Trinajstić information content (AvgIpc) is 2.34. The molecule has 0 bridgehead atoms. The van der Waals surface area contributed by atoms with Crippen molar-refractivity contribution < 1.29 is 24.2 Å². The number of carbonyl (C=O) groups is 2. The minimum atomic E-state index is -1.15. The molecular weight excluding hydrogens is 248 g/mol. The first kappa shape index (κ1) is 15.2. The van der Waals surface area contributed by atoms with E-state index in [2.05, 4.69) is 0 Å². The van der Waals surface area contributed by atoms with Crippen LogP contribution >= 0.6 is 0 Å². The molecule has 19 heavy (non-hydrogen) atoms. The number of rotatable bonds is 4. The Labute approximate surface area is 112 Å². The van der Waals surface area contributed by atoms with Gasteiger partial charge in [-0.3, -0.25) is 4.79 Å². The number of ether oxygens (including phenoxy) is 2. The molecule has 1 atom stereocenters. The van der Waals surface area contributed by atoms with Crippen molar-refractivity contribution in [3.05, 3.63) is 35.9 Å². The highest BCUT2D eigenvalue weighted by Crippen LogP contribution is 2.20. The minimum Gasteiger partial charge on any atom is -0.429 e. The zero-order valence-corrected chi connectivity index (χ0v) is 11.3. The van der Waals surface area contributed by atoms with Gasteiger partial charge in [0.15, 0.2) is 6.10 Å². The van der Waals surface area contributed by atoms with Gasteiger partial charge < -0.3 is 14.6 Å². The molecule has 1 unspecified atom stereocenters. The first-order valence-corrected chi connectivity index (χ1v) is 5.91. The van der Waals surface area contributed by atoms with E-state index in [1.165, 1.54) is 0 Å². The van der Waals surface area contributed by atoms with Crippen LogP contribution in [0.15, 0.2) is 30.3 Å². The molecule has 0 saturated carbocycles. The summed E-state index contributed by atoms with van der Waals surface area (Å²) in [6.45, 7) is 4.38. The largest absolute Gasteiger partial charge is 0.509 e. The third-order valence-corrected chi connectivity index (χ3v) is 2.15. The van der Waals surface area contributed by atoms with Gasteiger partial charge in [-0.25, -0.2) is 4.79 Å². The molecule has 0 amide bonds. The Hall–Kier alpha value is -1.88. The third kappa shape index (κ3) is 5.09. The lowest BCUT2D eigenvalue weighted by molar-refractivity contribution is -0.133. The van der Waals surface area contributed by atoms with Crippen molar-refractivity contribution in [2.45, 2.75) is 32.5 Å². The number of aliphatic hydroxyl groups is 1. The molecule has 1 N–H and O–H groups in total. The fourth-order valence-corrected chi connectivity index (χ4v) is 1.40. The lowest BCUT2D eigenvalue weighted by Gasteiger charge is -2.22. The molecule has 0 saturated heterocycles. The molecule has 0 aromatic heterocycles. The van der Waals surface area contributed by atoms with E-state index < -0.39 is 30.3 Å². The van der Waals surface area contributed by atoms with E-state index in [0.29, 0.717) is 5.56 Å². The molecular formula is C14H18O5. The lowest BCUT2D eigenvalue weighted by atomic mass is 10.1. The Morgan fingerprint density at radius 2 is 1.79 bits per heavy atom. The van der Waals surface area contributed by atoms with Crippen molar-refractivity contribution in [3.8, 4) is 0 Å². The van der Waals surface area contributed by atoms with Crippen LogP contribution < -0.4 is 0 Å². The number of ketones is 1. The monoisotopic (exact) mass is 266 g/mol. The molecule has 104 valence electrons. The van der Waals surface area contributed by atoms with Crippen LogP contribution in [0.2, 0.25) is 0 Å². The number of aliphatic hydroxyl groups excluding tert-OH is 1. The maximum Gasteiger partial charge on any atom is 0.509 e. The van der Waals surface area contributed by atoms with E-state index in [4.69, 9.17) is 14.6 Å². The quantitative estimate of drug-likeness (QED) is 0.846. The zero-order valence-electron chi connectivity index (χ0n) is 11.3. The van der Waals surface area contributed by atoms with E-state index in [1.807, 2.05) is 0 Å². The molecule has 0 aliphatic heterocycles. The summed E-state index contributed by atoms with van der Waals surface area (Å²) in [6.07, 6.45) is -2.09. The lowest BCUT2D eigenvalue weighted by Crippen LogP contribution is -2.28. The standard InChI is InChI=1S/C14H18O5/c1-14(2,3)19-13(17)18-12(11(16)9-15)10-7-5-4-6-8-10/h4-8,12,15H,9H2,1-3H3. The van der Waals surface area contributed by atoms with E-state index in [0.717, 1.165) is 0 Å². The Bertz CT molecular complexity index is 433. The van der Waals surface area contributed by atoms with Gasteiger partial charge in [-0.15, -0.1) is 0 Å². The number of hydrogen-bond donors (Lipinski definition) is 1. The van der Waals surface area contributed by atoms with Crippen LogP contribution in [0.25, 0.3) is 0 Å². The molecule has 0 radical (unpaired) electrons. The van der Waals surface area contributed by atoms with Crippen LogP contribution in [0, 0.1) is 0 Å². The third-order valence-electron chi connectivity index (χ3n) is 2.15. The van der Waals surface area contributed by atoms with Crippen LogP contribution in [0.5, 0.6) is 0 Å². The second kappa shape index (κ2) is 6.33. The van der Waals surface area contributed by atoms with Crippen molar-refractivity contribution in [2.75, 3.05) is 6.61 Å². The smallest absolute Gasteiger partial charge is 0.429 e. The fraction of sp³-hybridized carbons (Fsp3) is 0.429. The highest BCUT2D eigenvalue weighted by molar-refractivity contribution is 5.86. The van der Waals surface area contributed by atoms with Crippen LogP contribution in [0.1, 0.15) is 32.4 Å². The molecule has 1 rings (SSSR count). The average molecular weight is 266 g/mol. The van der Waals surface area contributed by atoms with Crippen LogP contribution in [0.4, 0.5) is 4.79 Å². The molecule has 0 aliphatic rings. The van der Waals surface area contributed by atoms with Crippen molar-refractivity contribution in [2.24, 2.45) is 0 Å². The summed E-state index contributed by atoms with van der Waals surface area (Å²) >= 11 is 0. The summed E-state index contributed by atoms with van der Waals surface area (Å²) < 4.78 is 9.98. The number of hydrogen-bond acceptors (Lipinski definition) is 5.